The monoisotopic (exact) mass is 302 g/mol. The average Bonchev–Trinajstić information content (AvgIpc) is 2.51. The van der Waals surface area contributed by atoms with Crippen molar-refractivity contribution in [1.82, 2.24) is 0 Å². The molecule has 0 aliphatic heterocycles. The van der Waals surface area contributed by atoms with Gasteiger partial charge >= 0.3 is 0 Å². The third-order valence-corrected chi connectivity index (χ3v) is 3.69. The molecule has 0 atom stereocenters. The predicted molar refractivity (Wildman–Crippen MR) is 86.6 cm³/mol. The molecule has 22 heavy (non-hydrogen) atoms. The summed E-state index contributed by atoms with van der Waals surface area (Å²) >= 11 is 0. The van der Waals surface area contributed by atoms with Crippen molar-refractivity contribution in [2.24, 2.45) is 5.41 Å². The SMILES string of the molecule is CCC(C)(C)COCc1ccc(F)c(Oc2ccccc2)c1. The lowest BCUT2D eigenvalue weighted by atomic mass is 9.92. The van der Waals surface area contributed by atoms with Crippen LogP contribution < -0.4 is 4.74 Å². The molecule has 0 N–H and O–H groups in total. The highest BCUT2D eigenvalue weighted by molar-refractivity contribution is 5.34. The fraction of sp³-hybridized carbons (Fsp3) is 0.368. The summed E-state index contributed by atoms with van der Waals surface area (Å²) in [4.78, 5) is 0. The minimum absolute atomic E-state index is 0.156. The van der Waals surface area contributed by atoms with Crippen LogP contribution in [0.4, 0.5) is 4.39 Å². The van der Waals surface area contributed by atoms with E-state index in [1.807, 2.05) is 18.2 Å². The Balaban J connectivity index is 2.01. The maximum atomic E-state index is 13.9. The van der Waals surface area contributed by atoms with Crippen LogP contribution in [0.5, 0.6) is 11.5 Å². The second-order valence-corrected chi connectivity index (χ2v) is 6.19. The minimum atomic E-state index is -0.374. The van der Waals surface area contributed by atoms with E-state index >= 15 is 0 Å². The van der Waals surface area contributed by atoms with E-state index in [9.17, 15) is 4.39 Å². The van der Waals surface area contributed by atoms with E-state index in [2.05, 4.69) is 20.8 Å². The summed E-state index contributed by atoms with van der Waals surface area (Å²) < 4.78 is 25.2. The second-order valence-electron chi connectivity index (χ2n) is 6.19. The van der Waals surface area contributed by atoms with Crippen molar-refractivity contribution in [3.63, 3.8) is 0 Å². The summed E-state index contributed by atoms with van der Waals surface area (Å²) in [6, 6.07) is 14.0. The Hall–Kier alpha value is -1.87. The van der Waals surface area contributed by atoms with Gasteiger partial charge in [0.1, 0.15) is 5.75 Å². The molecule has 0 saturated heterocycles. The Morgan fingerprint density at radius 3 is 2.45 bits per heavy atom. The van der Waals surface area contributed by atoms with Crippen molar-refractivity contribution in [1.29, 1.82) is 0 Å². The Kier molecular flexibility index (Phi) is 5.56. The highest BCUT2D eigenvalue weighted by Gasteiger charge is 2.15. The smallest absolute Gasteiger partial charge is 0.165 e. The summed E-state index contributed by atoms with van der Waals surface area (Å²) in [5.74, 6) is 0.468. The molecule has 0 aromatic heterocycles. The van der Waals surface area contributed by atoms with Gasteiger partial charge in [0.05, 0.1) is 13.2 Å². The van der Waals surface area contributed by atoms with Gasteiger partial charge in [-0.05, 0) is 41.7 Å². The maximum absolute atomic E-state index is 13.9. The molecule has 0 unspecified atom stereocenters. The van der Waals surface area contributed by atoms with E-state index in [1.54, 1.807) is 24.3 Å². The number of rotatable bonds is 7. The summed E-state index contributed by atoms with van der Waals surface area (Å²) in [5, 5.41) is 0. The van der Waals surface area contributed by atoms with Crippen LogP contribution in [0.15, 0.2) is 48.5 Å². The van der Waals surface area contributed by atoms with Gasteiger partial charge in [-0.25, -0.2) is 4.39 Å². The molecule has 0 aliphatic rings. The van der Waals surface area contributed by atoms with E-state index in [4.69, 9.17) is 9.47 Å². The van der Waals surface area contributed by atoms with E-state index in [0.717, 1.165) is 12.0 Å². The van der Waals surface area contributed by atoms with Crippen LogP contribution in [0.3, 0.4) is 0 Å². The van der Waals surface area contributed by atoms with Crippen molar-refractivity contribution < 1.29 is 13.9 Å². The van der Waals surface area contributed by atoms with Gasteiger partial charge in [0, 0.05) is 0 Å². The molecule has 0 radical (unpaired) electrons. The van der Waals surface area contributed by atoms with Gasteiger partial charge in [-0.15, -0.1) is 0 Å². The van der Waals surface area contributed by atoms with Crippen molar-refractivity contribution >= 4 is 0 Å². The molecule has 0 spiro atoms. The second kappa shape index (κ2) is 7.41. The lowest BCUT2D eigenvalue weighted by molar-refractivity contribution is 0.0494. The van der Waals surface area contributed by atoms with Crippen LogP contribution in [0, 0.1) is 11.2 Å². The highest BCUT2D eigenvalue weighted by Crippen LogP contribution is 2.26. The Morgan fingerprint density at radius 1 is 1.05 bits per heavy atom. The first-order chi connectivity index (χ1) is 10.5. The van der Waals surface area contributed by atoms with Gasteiger partial charge in [0.2, 0.25) is 0 Å². The van der Waals surface area contributed by atoms with Gasteiger partial charge in [-0.3, -0.25) is 0 Å². The minimum Gasteiger partial charge on any atom is -0.454 e. The third kappa shape index (κ3) is 4.85. The van der Waals surface area contributed by atoms with Crippen molar-refractivity contribution in [3.8, 4) is 11.5 Å². The Labute approximate surface area is 131 Å². The zero-order chi connectivity index (χ0) is 16.0. The molecule has 2 aromatic carbocycles. The maximum Gasteiger partial charge on any atom is 0.165 e. The Morgan fingerprint density at radius 2 is 1.77 bits per heavy atom. The Bertz CT molecular complexity index is 594. The molecule has 0 heterocycles. The lowest BCUT2D eigenvalue weighted by Gasteiger charge is -2.22. The number of ether oxygens (including phenoxy) is 2. The van der Waals surface area contributed by atoms with E-state index in [1.165, 1.54) is 6.07 Å². The third-order valence-electron chi connectivity index (χ3n) is 3.69. The molecule has 0 amide bonds. The van der Waals surface area contributed by atoms with Gasteiger partial charge < -0.3 is 9.47 Å². The summed E-state index contributed by atoms with van der Waals surface area (Å²) in [6.07, 6.45) is 1.05. The molecule has 0 aliphatic carbocycles. The van der Waals surface area contributed by atoms with Crippen molar-refractivity contribution in [2.45, 2.75) is 33.8 Å². The first-order valence-electron chi connectivity index (χ1n) is 7.59. The fourth-order valence-corrected chi connectivity index (χ4v) is 1.88. The normalized spacial score (nSPS) is 11.5. The summed E-state index contributed by atoms with van der Waals surface area (Å²) in [7, 11) is 0. The number of hydrogen-bond acceptors (Lipinski definition) is 2. The van der Waals surface area contributed by atoms with E-state index < -0.39 is 0 Å². The van der Waals surface area contributed by atoms with Crippen LogP contribution >= 0.6 is 0 Å². The van der Waals surface area contributed by atoms with E-state index in [-0.39, 0.29) is 17.0 Å². The molecule has 3 heteroatoms. The fourth-order valence-electron chi connectivity index (χ4n) is 1.88. The largest absolute Gasteiger partial charge is 0.454 e. The topological polar surface area (TPSA) is 18.5 Å². The molecule has 0 bridgehead atoms. The van der Waals surface area contributed by atoms with Gasteiger partial charge in [-0.1, -0.05) is 45.0 Å². The van der Waals surface area contributed by atoms with Crippen molar-refractivity contribution in [2.75, 3.05) is 6.61 Å². The standard InChI is InChI=1S/C19H23FO2/c1-4-19(2,3)14-21-13-15-10-11-17(20)18(12-15)22-16-8-6-5-7-9-16/h5-12H,4,13-14H2,1-3H3. The first-order valence-corrected chi connectivity index (χ1v) is 7.59. The van der Waals surface area contributed by atoms with Gasteiger partial charge in [0.15, 0.2) is 11.6 Å². The van der Waals surface area contributed by atoms with Crippen LogP contribution in [-0.4, -0.2) is 6.61 Å². The first kappa shape index (κ1) is 16.5. The molecular formula is C19H23FO2. The molecule has 118 valence electrons. The van der Waals surface area contributed by atoms with E-state index in [0.29, 0.717) is 19.0 Å². The lowest BCUT2D eigenvalue weighted by Crippen LogP contribution is -2.17. The predicted octanol–water partition coefficient (Wildman–Crippen LogP) is 5.57. The summed E-state index contributed by atoms with van der Waals surface area (Å²) in [6.45, 7) is 7.61. The van der Waals surface area contributed by atoms with Crippen LogP contribution in [0.2, 0.25) is 0 Å². The van der Waals surface area contributed by atoms with Gasteiger partial charge in [0.25, 0.3) is 0 Å². The number of para-hydroxylation sites is 1. The molecule has 0 fully saturated rings. The zero-order valence-electron chi connectivity index (χ0n) is 13.4. The molecule has 2 rings (SSSR count). The molecular weight excluding hydrogens is 279 g/mol. The van der Waals surface area contributed by atoms with Crippen LogP contribution in [0.1, 0.15) is 32.8 Å². The average molecular weight is 302 g/mol. The van der Waals surface area contributed by atoms with Crippen LogP contribution in [-0.2, 0) is 11.3 Å². The summed E-state index contributed by atoms with van der Waals surface area (Å²) in [5.41, 5.74) is 1.06. The van der Waals surface area contributed by atoms with Crippen LogP contribution in [0.25, 0.3) is 0 Å². The highest BCUT2D eigenvalue weighted by atomic mass is 19.1. The zero-order valence-corrected chi connectivity index (χ0v) is 13.4. The van der Waals surface area contributed by atoms with Crippen molar-refractivity contribution in [3.05, 3.63) is 59.9 Å². The number of hydrogen-bond donors (Lipinski definition) is 0. The molecule has 2 nitrogen and oxygen atoms in total. The molecule has 0 saturated carbocycles. The number of benzene rings is 2. The number of halogens is 1. The quantitative estimate of drug-likeness (QED) is 0.665. The molecule has 2 aromatic rings. The van der Waals surface area contributed by atoms with Gasteiger partial charge in [-0.2, -0.15) is 0 Å².